The molecule has 42 heavy (non-hydrogen) atoms. The fraction of sp³-hybridized carbons (Fsp3) is 0.147. The summed E-state index contributed by atoms with van der Waals surface area (Å²) < 4.78 is 14.4. The number of hydrogen-bond donors (Lipinski definition) is 0. The standard InChI is InChI=1S/C34H23FN2O5/c1-19-6-8-21(9-7-19)31(38)30-29(20-10-14-24(15-11-20)37(41)42)34(32(39)25-4-2-3-5-26(25)33(34)40)28-17-12-22-18-23(35)13-16-27(22)36(28)30/h2-18,28-30H,1H3/t28?,29-,30+/m1/s1. The van der Waals surface area contributed by atoms with E-state index in [1.165, 1.54) is 36.4 Å². The highest BCUT2D eigenvalue weighted by molar-refractivity contribution is 6.32. The van der Waals surface area contributed by atoms with Crippen LogP contribution in [0.1, 0.15) is 53.7 Å². The van der Waals surface area contributed by atoms with Gasteiger partial charge in [-0.15, -0.1) is 0 Å². The second-order valence-corrected chi connectivity index (χ2v) is 11.0. The van der Waals surface area contributed by atoms with Gasteiger partial charge in [0, 0.05) is 46.0 Å². The molecule has 1 unspecified atom stereocenters. The van der Waals surface area contributed by atoms with E-state index in [0.29, 0.717) is 22.4 Å². The summed E-state index contributed by atoms with van der Waals surface area (Å²) in [4.78, 5) is 56.5. The lowest BCUT2D eigenvalue weighted by Gasteiger charge is -2.37. The van der Waals surface area contributed by atoms with Gasteiger partial charge in [-0.3, -0.25) is 24.5 Å². The minimum Gasteiger partial charge on any atom is -0.352 e. The summed E-state index contributed by atoms with van der Waals surface area (Å²) in [5.41, 5.74) is 1.49. The zero-order valence-corrected chi connectivity index (χ0v) is 22.4. The third kappa shape index (κ3) is 3.41. The number of rotatable bonds is 4. The van der Waals surface area contributed by atoms with Crippen molar-refractivity contribution in [1.82, 2.24) is 0 Å². The number of aryl methyl sites for hydroxylation is 1. The zero-order chi connectivity index (χ0) is 29.3. The molecule has 3 atom stereocenters. The van der Waals surface area contributed by atoms with E-state index < -0.39 is 45.7 Å². The van der Waals surface area contributed by atoms with Crippen molar-refractivity contribution in [3.8, 4) is 0 Å². The van der Waals surface area contributed by atoms with Crippen LogP contribution in [0.3, 0.4) is 0 Å². The van der Waals surface area contributed by atoms with E-state index in [4.69, 9.17) is 0 Å². The summed E-state index contributed by atoms with van der Waals surface area (Å²) in [6.45, 7) is 1.90. The SMILES string of the molecule is Cc1ccc(C(=O)[C@@H]2[C@@H](c3ccc([N+](=O)[O-])cc3)C3(C(=O)c4ccccc4C3=O)C3C=Cc4cc(F)ccc4N32)cc1. The molecule has 8 heteroatoms. The minimum absolute atomic E-state index is 0.155. The number of benzene rings is 4. The van der Waals surface area contributed by atoms with Gasteiger partial charge in [0.15, 0.2) is 17.3 Å². The van der Waals surface area contributed by atoms with Crippen LogP contribution < -0.4 is 4.90 Å². The molecule has 4 aromatic rings. The maximum absolute atomic E-state index is 14.6. The van der Waals surface area contributed by atoms with Crippen LogP contribution in [0.4, 0.5) is 15.8 Å². The van der Waals surface area contributed by atoms with E-state index in [2.05, 4.69) is 0 Å². The lowest BCUT2D eigenvalue weighted by molar-refractivity contribution is -0.384. The van der Waals surface area contributed by atoms with Crippen LogP contribution in [0.2, 0.25) is 0 Å². The third-order valence-corrected chi connectivity index (χ3v) is 8.83. The number of carbonyl (C=O) groups is 3. The van der Waals surface area contributed by atoms with Crippen LogP contribution in [0.15, 0.2) is 97.1 Å². The van der Waals surface area contributed by atoms with Gasteiger partial charge in [-0.05, 0) is 30.7 Å². The first-order valence-corrected chi connectivity index (χ1v) is 13.5. The van der Waals surface area contributed by atoms with E-state index in [0.717, 1.165) is 5.56 Å². The fourth-order valence-corrected chi connectivity index (χ4v) is 7.01. The second kappa shape index (κ2) is 9.14. The summed E-state index contributed by atoms with van der Waals surface area (Å²) in [5.74, 6) is -2.60. The Morgan fingerprint density at radius 3 is 2.17 bits per heavy atom. The first-order valence-electron chi connectivity index (χ1n) is 13.5. The molecule has 206 valence electrons. The number of non-ortho nitro benzene ring substituents is 1. The summed E-state index contributed by atoms with van der Waals surface area (Å²) in [6, 6.07) is 21.7. The lowest BCUT2D eigenvalue weighted by atomic mass is 9.64. The van der Waals surface area contributed by atoms with Crippen LogP contribution in [0.25, 0.3) is 6.08 Å². The Morgan fingerprint density at radius 2 is 1.55 bits per heavy atom. The first kappa shape index (κ1) is 25.7. The van der Waals surface area contributed by atoms with Gasteiger partial charge >= 0.3 is 0 Å². The molecular formula is C34H23FN2O5. The van der Waals surface area contributed by atoms with Crippen LogP contribution in [0, 0.1) is 28.3 Å². The molecule has 0 amide bonds. The van der Waals surface area contributed by atoms with Gasteiger partial charge in [-0.1, -0.05) is 78.4 Å². The van der Waals surface area contributed by atoms with Crippen molar-refractivity contribution >= 4 is 34.8 Å². The summed E-state index contributed by atoms with van der Waals surface area (Å²) in [7, 11) is 0. The summed E-state index contributed by atoms with van der Waals surface area (Å²) >= 11 is 0. The molecule has 4 aromatic carbocycles. The Labute approximate surface area is 240 Å². The zero-order valence-electron chi connectivity index (χ0n) is 22.4. The molecule has 1 aliphatic carbocycles. The molecule has 7 nitrogen and oxygen atoms in total. The first-order chi connectivity index (χ1) is 20.2. The van der Waals surface area contributed by atoms with E-state index in [9.17, 15) is 28.9 Å². The van der Waals surface area contributed by atoms with E-state index in [1.807, 2.05) is 19.1 Å². The second-order valence-electron chi connectivity index (χ2n) is 11.0. The van der Waals surface area contributed by atoms with Crippen molar-refractivity contribution < 1.29 is 23.7 Å². The number of carbonyl (C=O) groups excluding carboxylic acids is 3. The number of hydrogen-bond acceptors (Lipinski definition) is 6. The maximum atomic E-state index is 14.6. The summed E-state index contributed by atoms with van der Waals surface area (Å²) in [5, 5.41) is 11.5. The number of fused-ring (bicyclic) bond motifs is 5. The average Bonchev–Trinajstić information content (AvgIpc) is 3.43. The molecule has 0 bridgehead atoms. The van der Waals surface area contributed by atoms with Gasteiger partial charge < -0.3 is 4.90 Å². The molecule has 1 saturated heterocycles. The predicted octanol–water partition coefficient (Wildman–Crippen LogP) is 6.36. The molecule has 1 spiro atoms. The van der Waals surface area contributed by atoms with Gasteiger partial charge in [-0.2, -0.15) is 0 Å². The third-order valence-electron chi connectivity index (χ3n) is 8.83. The fourth-order valence-electron chi connectivity index (χ4n) is 7.01. The highest BCUT2D eigenvalue weighted by Gasteiger charge is 2.71. The van der Waals surface area contributed by atoms with Crippen molar-refractivity contribution in [3.05, 3.63) is 146 Å². The van der Waals surface area contributed by atoms with Crippen molar-refractivity contribution in [2.45, 2.75) is 24.9 Å². The number of nitrogens with zero attached hydrogens (tertiary/aromatic N) is 2. The molecule has 2 aliphatic heterocycles. The topological polar surface area (TPSA) is 97.6 Å². The smallest absolute Gasteiger partial charge is 0.269 e. The average molecular weight is 559 g/mol. The molecule has 7 rings (SSSR count). The maximum Gasteiger partial charge on any atom is 0.269 e. The number of nitro groups is 1. The van der Waals surface area contributed by atoms with E-state index in [-0.39, 0.29) is 22.6 Å². The highest BCUT2D eigenvalue weighted by atomic mass is 19.1. The van der Waals surface area contributed by atoms with Crippen LogP contribution in [-0.2, 0) is 0 Å². The highest BCUT2D eigenvalue weighted by Crippen LogP contribution is 2.61. The van der Waals surface area contributed by atoms with Gasteiger partial charge in [-0.25, -0.2) is 4.39 Å². The molecule has 0 saturated carbocycles. The predicted molar refractivity (Wildman–Crippen MR) is 154 cm³/mol. The molecule has 2 heterocycles. The molecule has 0 N–H and O–H groups in total. The number of halogens is 1. The van der Waals surface area contributed by atoms with E-state index in [1.54, 1.807) is 59.5 Å². The molecular weight excluding hydrogens is 535 g/mol. The van der Waals surface area contributed by atoms with Crippen LogP contribution >= 0.6 is 0 Å². The Kier molecular flexibility index (Phi) is 5.59. The Bertz CT molecular complexity index is 1830. The number of anilines is 1. The Balaban J connectivity index is 1.54. The number of nitro benzene ring substituents is 1. The number of Topliss-reactive ketones (excluding diaryl/α,β-unsaturated/α-hetero) is 3. The minimum atomic E-state index is -1.74. The lowest BCUT2D eigenvalue weighted by Crippen LogP contribution is -2.48. The normalized spacial score (nSPS) is 21.3. The van der Waals surface area contributed by atoms with Crippen molar-refractivity contribution in [3.63, 3.8) is 0 Å². The largest absolute Gasteiger partial charge is 0.352 e. The molecule has 0 radical (unpaired) electrons. The van der Waals surface area contributed by atoms with Crippen LogP contribution in [0.5, 0.6) is 0 Å². The summed E-state index contributed by atoms with van der Waals surface area (Å²) in [6.07, 6.45) is 3.40. The van der Waals surface area contributed by atoms with Crippen molar-refractivity contribution in [2.24, 2.45) is 5.41 Å². The Hall–Kier alpha value is -5.24. The van der Waals surface area contributed by atoms with Crippen molar-refractivity contribution in [2.75, 3.05) is 4.90 Å². The van der Waals surface area contributed by atoms with E-state index >= 15 is 0 Å². The number of ketones is 3. The van der Waals surface area contributed by atoms with Gasteiger partial charge in [0.2, 0.25) is 0 Å². The quantitative estimate of drug-likeness (QED) is 0.125. The molecule has 0 aromatic heterocycles. The van der Waals surface area contributed by atoms with Gasteiger partial charge in [0.05, 0.1) is 11.0 Å². The van der Waals surface area contributed by atoms with Crippen molar-refractivity contribution in [1.29, 1.82) is 0 Å². The van der Waals surface area contributed by atoms with Crippen LogP contribution in [-0.4, -0.2) is 34.4 Å². The van der Waals surface area contributed by atoms with Gasteiger partial charge in [0.25, 0.3) is 5.69 Å². The van der Waals surface area contributed by atoms with Gasteiger partial charge in [0.1, 0.15) is 17.3 Å². The molecule has 3 aliphatic rings. The monoisotopic (exact) mass is 558 g/mol. The molecule has 1 fully saturated rings. The Morgan fingerprint density at radius 1 is 0.905 bits per heavy atom.